The number of halogens is 1. The maximum Gasteiger partial charge on any atom is 0.223 e. The first-order chi connectivity index (χ1) is 9.08. The van der Waals surface area contributed by atoms with Crippen molar-refractivity contribution in [3.63, 3.8) is 0 Å². The molecule has 19 heavy (non-hydrogen) atoms. The summed E-state index contributed by atoms with van der Waals surface area (Å²) in [5.74, 6) is 0.273. The van der Waals surface area contributed by atoms with Gasteiger partial charge < -0.3 is 10.6 Å². The second-order valence-corrected chi connectivity index (χ2v) is 6.54. The van der Waals surface area contributed by atoms with Crippen LogP contribution in [0.1, 0.15) is 42.9 Å². The monoisotopic (exact) mass is 322 g/mol. The SMILES string of the molecule is Cc1cc(C2C(N)CCC(=O)N2C2CC2)ccc1Br. The average Bonchev–Trinajstić information content (AvgIpc) is 3.19. The summed E-state index contributed by atoms with van der Waals surface area (Å²) in [6, 6.07) is 6.84. The summed E-state index contributed by atoms with van der Waals surface area (Å²) < 4.78 is 1.10. The second-order valence-electron chi connectivity index (χ2n) is 5.69. The first kappa shape index (κ1) is 13.1. The van der Waals surface area contributed by atoms with Gasteiger partial charge in [0, 0.05) is 23.0 Å². The number of amides is 1. The van der Waals surface area contributed by atoms with E-state index in [2.05, 4.69) is 46.0 Å². The smallest absolute Gasteiger partial charge is 0.223 e. The van der Waals surface area contributed by atoms with Crippen LogP contribution in [0.2, 0.25) is 0 Å². The molecule has 1 saturated heterocycles. The van der Waals surface area contributed by atoms with Crippen LogP contribution in [0.25, 0.3) is 0 Å². The van der Waals surface area contributed by atoms with Gasteiger partial charge in [-0.15, -0.1) is 0 Å². The van der Waals surface area contributed by atoms with Gasteiger partial charge in [-0.05, 0) is 43.4 Å². The summed E-state index contributed by atoms with van der Waals surface area (Å²) in [4.78, 5) is 14.3. The zero-order chi connectivity index (χ0) is 13.6. The Hall–Kier alpha value is -0.870. The first-order valence-electron chi connectivity index (χ1n) is 6.90. The molecule has 1 saturated carbocycles. The fourth-order valence-electron chi connectivity index (χ4n) is 2.98. The van der Waals surface area contributed by atoms with Crippen LogP contribution in [0, 0.1) is 6.92 Å². The molecule has 3 nitrogen and oxygen atoms in total. The number of carbonyl (C=O) groups excluding carboxylic acids is 1. The van der Waals surface area contributed by atoms with Gasteiger partial charge in [0.15, 0.2) is 0 Å². The van der Waals surface area contributed by atoms with Gasteiger partial charge in [-0.25, -0.2) is 0 Å². The molecule has 1 aromatic rings. The van der Waals surface area contributed by atoms with Gasteiger partial charge in [0.05, 0.1) is 6.04 Å². The van der Waals surface area contributed by atoms with Crippen molar-refractivity contribution in [1.29, 1.82) is 0 Å². The molecule has 2 N–H and O–H groups in total. The minimum absolute atomic E-state index is 0.0545. The Morgan fingerprint density at radius 3 is 2.68 bits per heavy atom. The second kappa shape index (κ2) is 4.91. The molecule has 1 amide bonds. The van der Waals surface area contributed by atoms with E-state index in [1.807, 2.05) is 0 Å². The van der Waals surface area contributed by atoms with Crippen molar-refractivity contribution in [2.24, 2.45) is 5.73 Å². The molecule has 2 aliphatic rings. The fourth-order valence-corrected chi connectivity index (χ4v) is 3.23. The Morgan fingerprint density at radius 1 is 1.32 bits per heavy atom. The van der Waals surface area contributed by atoms with Gasteiger partial charge in [0.25, 0.3) is 0 Å². The Kier molecular flexibility index (Phi) is 3.39. The third kappa shape index (κ3) is 2.43. The van der Waals surface area contributed by atoms with E-state index >= 15 is 0 Å². The van der Waals surface area contributed by atoms with Crippen molar-refractivity contribution in [3.05, 3.63) is 33.8 Å². The maximum absolute atomic E-state index is 12.2. The minimum Gasteiger partial charge on any atom is -0.331 e. The third-order valence-corrected chi connectivity index (χ3v) is 5.04. The van der Waals surface area contributed by atoms with Crippen LogP contribution < -0.4 is 5.73 Å². The van der Waals surface area contributed by atoms with Gasteiger partial charge in [-0.1, -0.05) is 28.1 Å². The van der Waals surface area contributed by atoms with Gasteiger partial charge in [-0.3, -0.25) is 4.79 Å². The number of piperidine rings is 1. The highest BCUT2D eigenvalue weighted by Crippen LogP contribution is 2.40. The van der Waals surface area contributed by atoms with E-state index in [1.165, 1.54) is 11.1 Å². The van der Waals surface area contributed by atoms with Crippen LogP contribution in [0.3, 0.4) is 0 Å². The van der Waals surface area contributed by atoms with E-state index in [9.17, 15) is 4.79 Å². The third-order valence-electron chi connectivity index (χ3n) is 4.15. The number of nitrogens with two attached hydrogens (primary N) is 1. The Bertz CT molecular complexity index is 513. The Morgan fingerprint density at radius 2 is 2.05 bits per heavy atom. The predicted molar refractivity (Wildman–Crippen MR) is 78.7 cm³/mol. The van der Waals surface area contributed by atoms with E-state index in [-0.39, 0.29) is 18.0 Å². The van der Waals surface area contributed by atoms with Crippen molar-refractivity contribution < 1.29 is 4.79 Å². The first-order valence-corrected chi connectivity index (χ1v) is 7.70. The summed E-state index contributed by atoms with van der Waals surface area (Å²) in [6.07, 6.45) is 3.65. The number of benzene rings is 1. The van der Waals surface area contributed by atoms with Crippen molar-refractivity contribution in [1.82, 2.24) is 4.90 Å². The van der Waals surface area contributed by atoms with Crippen molar-refractivity contribution in [3.8, 4) is 0 Å². The molecular formula is C15H19BrN2O. The maximum atomic E-state index is 12.2. The molecule has 102 valence electrons. The Labute approximate surface area is 122 Å². The molecule has 0 radical (unpaired) electrons. The predicted octanol–water partition coefficient (Wildman–Crippen LogP) is 2.91. The molecule has 1 heterocycles. The molecular weight excluding hydrogens is 304 g/mol. The lowest BCUT2D eigenvalue weighted by Crippen LogP contribution is -2.49. The van der Waals surface area contributed by atoms with E-state index in [0.717, 1.165) is 23.7 Å². The highest BCUT2D eigenvalue weighted by atomic mass is 79.9. The fraction of sp³-hybridized carbons (Fsp3) is 0.533. The van der Waals surface area contributed by atoms with Crippen LogP contribution in [0.5, 0.6) is 0 Å². The molecule has 0 spiro atoms. The zero-order valence-electron chi connectivity index (χ0n) is 11.1. The molecule has 2 fully saturated rings. The summed E-state index contributed by atoms with van der Waals surface area (Å²) >= 11 is 3.52. The van der Waals surface area contributed by atoms with Crippen LogP contribution in [-0.4, -0.2) is 22.9 Å². The molecule has 1 aromatic carbocycles. The average molecular weight is 323 g/mol. The van der Waals surface area contributed by atoms with Crippen LogP contribution >= 0.6 is 15.9 Å². The van der Waals surface area contributed by atoms with Crippen molar-refractivity contribution in [2.45, 2.75) is 50.7 Å². The molecule has 1 aliphatic carbocycles. The number of likely N-dealkylation sites (tertiary alicyclic amines) is 1. The minimum atomic E-state index is 0.0545. The highest BCUT2D eigenvalue weighted by Gasteiger charge is 2.42. The normalized spacial score (nSPS) is 27.7. The number of hydrogen-bond acceptors (Lipinski definition) is 2. The quantitative estimate of drug-likeness (QED) is 0.910. The molecule has 4 heteroatoms. The van der Waals surface area contributed by atoms with E-state index in [4.69, 9.17) is 5.73 Å². The lowest BCUT2D eigenvalue weighted by molar-refractivity contribution is -0.138. The highest BCUT2D eigenvalue weighted by molar-refractivity contribution is 9.10. The van der Waals surface area contributed by atoms with E-state index < -0.39 is 0 Å². The van der Waals surface area contributed by atoms with Crippen molar-refractivity contribution >= 4 is 21.8 Å². The van der Waals surface area contributed by atoms with Gasteiger partial charge in [0.2, 0.25) is 5.91 Å². The lowest BCUT2D eigenvalue weighted by atomic mass is 9.89. The lowest BCUT2D eigenvalue weighted by Gasteiger charge is -2.40. The van der Waals surface area contributed by atoms with Crippen molar-refractivity contribution in [2.75, 3.05) is 0 Å². The molecule has 0 aromatic heterocycles. The van der Waals surface area contributed by atoms with Crippen LogP contribution in [0.15, 0.2) is 22.7 Å². The standard InChI is InChI=1S/C15H19BrN2O/c1-9-8-10(2-5-12(9)16)15-13(17)6-7-14(19)18(15)11-3-4-11/h2,5,8,11,13,15H,3-4,6-7,17H2,1H3. The van der Waals surface area contributed by atoms with Gasteiger partial charge in [-0.2, -0.15) is 0 Å². The summed E-state index contributed by atoms with van der Waals surface area (Å²) in [6.45, 7) is 2.07. The van der Waals surface area contributed by atoms with Gasteiger partial charge >= 0.3 is 0 Å². The summed E-state index contributed by atoms with van der Waals surface area (Å²) in [5.41, 5.74) is 8.68. The number of rotatable bonds is 2. The van der Waals surface area contributed by atoms with E-state index in [1.54, 1.807) is 0 Å². The topological polar surface area (TPSA) is 46.3 Å². The molecule has 1 aliphatic heterocycles. The molecule has 2 unspecified atom stereocenters. The summed E-state index contributed by atoms with van der Waals surface area (Å²) in [5, 5.41) is 0. The molecule has 2 atom stereocenters. The van der Waals surface area contributed by atoms with Crippen LogP contribution in [0.4, 0.5) is 0 Å². The van der Waals surface area contributed by atoms with Crippen LogP contribution in [-0.2, 0) is 4.79 Å². The Balaban J connectivity index is 1.97. The number of aryl methyl sites for hydroxylation is 1. The zero-order valence-corrected chi connectivity index (χ0v) is 12.7. The number of nitrogens with zero attached hydrogens (tertiary/aromatic N) is 1. The molecule has 3 rings (SSSR count). The largest absolute Gasteiger partial charge is 0.331 e. The number of hydrogen-bond donors (Lipinski definition) is 1. The molecule has 0 bridgehead atoms. The van der Waals surface area contributed by atoms with Gasteiger partial charge in [0.1, 0.15) is 0 Å². The number of carbonyl (C=O) groups is 1. The summed E-state index contributed by atoms with van der Waals surface area (Å²) in [7, 11) is 0. The van der Waals surface area contributed by atoms with E-state index in [0.29, 0.717) is 12.5 Å².